The van der Waals surface area contributed by atoms with E-state index in [0.717, 1.165) is 17.7 Å². The van der Waals surface area contributed by atoms with E-state index in [-0.39, 0.29) is 6.04 Å². The van der Waals surface area contributed by atoms with Gasteiger partial charge in [0.1, 0.15) is 11.5 Å². The summed E-state index contributed by atoms with van der Waals surface area (Å²) in [7, 11) is 0. The van der Waals surface area contributed by atoms with E-state index in [1.165, 1.54) is 0 Å². The van der Waals surface area contributed by atoms with Gasteiger partial charge in [0, 0.05) is 24.5 Å². The Morgan fingerprint density at radius 2 is 1.90 bits per heavy atom. The van der Waals surface area contributed by atoms with Crippen molar-refractivity contribution in [2.24, 2.45) is 5.73 Å². The second-order valence-corrected chi connectivity index (χ2v) is 4.57. The van der Waals surface area contributed by atoms with E-state index in [4.69, 9.17) is 15.2 Å². The lowest BCUT2D eigenvalue weighted by Crippen LogP contribution is -2.17. The monoisotopic (exact) mass is 273 g/mol. The molecular formula is C15H19N3O2. The summed E-state index contributed by atoms with van der Waals surface area (Å²) in [6, 6.07) is 7.79. The number of nitrogens with two attached hydrogens (primary N) is 1. The summed E-state index contributed by atoms with van der Waals surface area (Å²) < 4.78 is 11.0. The summed E-state index contributed by atoms with van der Waals surface area (Å²) >= 11 is 0. The van der Waals surface area contributed by atoms with Gasteiger partial charge >= 0.3 is 6.01 Å². The molecule has 1 aromatic heterocycles. The van der Waals surface area contributed by atoms with Crippen LogP contribution in [0.5, 0.6) is 17.5 Å². The van der Waals surface area contributed by atoms with E-state index in [2.05, 4.69) is 9.97 Å². The van der Waals surface area contributed by atoms with Crippen LogP contribution < -0.4 is 15.2 Å². The Morgan fingerprint density at radius 3 is 2.55 bits per heavy atom. The topological polar surface area (TPSA) is 70.3 Å². The van der Waals surface area contributed by atoms with Gasteiger partial charge in [-0.3, -0.25) is 0 Å². The third-order valence-electron chi connectivity index (χ3n) is 2.56. The van der Waals surface area contributed by atoms with Gasteiger partial charge < -0.3 is 15.2 Å². The Balaban J connectivity index is 2.04. The van der Waals surface area contributed by atoms with Gasteiger partial charge in [0.25, 0.3) is 0 Å². The molecule has 5 nitrogen and oxygen atoms in total. The highest BCUT2D eigenvalue weighted by Gasteiger charge is 2.04. The molecule has 0 saturated heterocycles. The fraction of sp³-hybridized carbons (Fsp3) is 0.333. The first kappa shape index (κ1) is 14.3. The SMILES string of the molecule is CCOc1cccc(Oc2ncc(CC(C)N)cn2)c1. The largest absolute Gasteiger partial charge is 0.494 e. The number of rotatable bonds is 6. The van der Waals surface area contributed by atoms with Crippen LogP contribution in [0.15, 0.2) is 36.7 Å². The maximum Gasteiger partial charge on any atom is 0.321 e. The predicted octanol–water partition coefficient (Wildman–Crippen LogP) is 2.56. The van der Waals surface area contributed by atoms with Crippen molar-refractivity contribution in [3.8, 4) is 17.5 Å². The smallest absolute Gasteiger partial charge is 0.321 e. The second kappa shape index (κ2) is 6.86. The maximum absolute atomic E-state index is 5.73. The van der Waals surface area contributed by atoms with E-state index in [0.29, 0.717) is 18.4 Å². The maximum atomic E-state index is 5.73. The molecule has 1 unspecified atom stereocenters. The van der Waals surface area contributed by atoms with Gasteiger partial charge in [-0.05, 0) is 38.0 Å². The highest BCUT2D eigenvalue weighted by molar-refractivity contribution is 5.34. The first-order chi connectivity index (χ1) is 9.67. The molecule has 1 atom stereocenters. The second-order valence-electron chi connectivity index (χ2n) is 4.57. The van der Waals surface area contributed by atoms with Gasteiger partial charge in [0.15, 0.2) is 0 Å². The number of hydrogen-bond acceptors (Lipinski definition) is 5. The van der Waals surface area contributed by atoms with Crippen molar-refractivity contribution in [2.75, 3.05) is 6.61 Å². The van der Waals surface area contributed by atoms with E-state index in [1.54, 1.807) is 12.4 Å². The average Bonchev–Trinajstić information content (AvgIpc) is 2.41. The van der Waals surface area contributed by atoms with Crippen molar-refractivity contribution in [3.63, 3.8) is 0 Å². The van der Waals surface area contributed by atoms with Crippen LogP contribution in [-0.4, -0.2) is 22.6 Å². The molecule has 0 spiro atoms. The predicted molar refractivity (Wildman–Crippen MR) is 77.1 cm³/mol. The Labute approximate surface area is 118 Å². The minimum atomic E-state index is 0.0910. The summed E-state index contributed by atoms with van der Waals surface area (Å²) in [6.45, 7) is 4.50. The van der Waals surface area contributed by atoms with Crippen LogP contribution in [0.2, 0.25) is 0 Å². The van der Waals surface area contributed by atoms with Crippen LogP contribution in [0, 0.1) is 0 Å². The molecule has 0 saturated carbocycles. The van der Waals surface area contributed by atoms with Crippen molar-refractivity contribution in [1.82, 2.24) is 9.97 Å². The number of benzene rings is 1. The van der Waals surface area contributed by atoms with Gasteiger partial charge in [-0.1, -0.05) is 6.07 Å². The van der Waals surface area contributed by atoms with E-state index in [1.807, 2.05) is 38.1 Å². The molecule has 0 aliphatic rings. The zero-order valence-corrected chi connectivity index (χ0v) is 11.7. The molecule has 2 N–H and O–H groups in total. The molecule has 0 amide bonds. The Hall–Kier alpha value is -2.14. The number of aromatic nitrogens is 2. The van der Waals surface area contributed by atoms with Gasteiger partial charge in [-0.15, -0.1) is 0 Å². The fourth-order valence-corrected chi connectivity index (χ4v) is 1.77. The zero-order valence-electron chi connectivity index (χ0n) is 11.7. The molecule has 0 aliphatic heterocycles. The summed E-state index contributed by atoms with van der Waals surface area (Å²) in [4.78, 5) is 8.35. The molecule has 1 heterocycles. The molecule has 2 aromatic rings. The number of ether oxygens (including phenoxy) is 2. The van der Waals surface area contributed by atoms with Gasteiger partial charge in [0.05, 0.1) is 6.61 Å². The van der Waals surface area contributed by atoms with Crippen molar-refractivity contribution < 1.29 is 9.47 Å². The number of hydrogen-bond donors (Lipinski definition) is 1. The van der Waals surface area contributed by atoms with E-state index in [9.17, 15) is 0 Å². The average molecular weight is 273 g/mol. The molecule has 1 aromatic carbocycles. The van der Waals surface area contributed by atoms with Crippen LogP contribution in [-0.2, 0) is 6.42 Å². The summed E-state index contributed by atoms with van der Waals surface area (Å²) in [6.07, 6.45) is 4.22. The third kappa shape index (κ3) is 4.20. The lowest BCUT2D eigenvalue weighted by atomic mass is 10.1. The zero-order chi connectivity index (χ0) is 14.4. The fourth-order valence-electron chi connectivity index (χ4n) is 1.77. The molecule has 2 rings (SSSR count). The van der Waals surface area contributed by atoms with Crippen molar-refractivity contribution in [2.45, 2.75) is 26.3 Å². The quantitative estimate of drug-likeness (QED) is 0.875. The van der Waals surface area contributed by atoms with E-state index < -0.39 is 0 Å². The van der Waals surface area contributed by atoms with Gasteiger partial charge in [-0.2, -0.15) is 0 Å². The summed E-state index contributed by atoms with van der Waals surface area (Å²) in [5.41, 5.74) is 6.73. The Morgan fingerprint density at radius 1 is 1.20 bits per heavy atom. The van der Waals surface area contributed by atoms with Crippen molar-refractivity contribution >= 4 is 0 Å². The molecule has 0 bridgehead atoms. The molecule has 0 fully saturated rings. The lowest BCUT2D eigenvalue weighted by Gasteiger charge is -2.08. The third-order valence-corrected chi connectivity index (χ3v) is 2.56. The van der Waals surface area contributed by atoms with Crippen LogP contribution in [0.3, 0.4) is 0 Å². The minimum absolute atomic E-state index is 0.0910. The van der Waals surface area contributed by atoms with E-state index >= 15 is 0 Å². The van der Waals surface area contributed by atoms with Crippen LogP contribution in [0.25, 0.3) is 0 Å². The number of nitrogens with zero attached hydrogens (tertiary/aromatic N) is 2. The summed E-state index contributed by atoms with van der Waals surface area (Å²) in [5, 5.41) is 0. The molecule has 5 heteroatoms. The Bertz CT molecular complexity index is 541. The highest BCUT2D eigenvalue weighted by Crippen LogP contribution is 2.22. The standard InChI is InChI=1S/C15H19N3O2/c1-3-19-13-5-4-6-14(8-13)20-15-17-9-12(10-18-15)7-11(2)16/h4-6,8-11H,3,7,16H2,1-2H3. The summed E-state index contributed by atoms with van der Waals surface area (Å²) in [5.74, 6) is 1.41. The first-order valence-electron chi connectivity index (χ1n) is 6.64. The normalized spacial score (nSPS) is 11.9. The van der Waals surface area contributed by atoms with Gasteiger partial charge in [0.2, 0.25) is 0 Å². The van der Waals surface area contributed by atoms with Crippen molar-refractivity contribution in [3.05, 3.63) is 42.2 Å². The van der Waals surface area contributed by atoms with Crippen LogP contribution >= 0.6 is 0 Å². The molecule has 106 valence electrons. The molecule has 20 heavy (non-hydrogen) atoms. The van der Waals surface area contributed by atoms with Crippen LogP contribution in [0.4, 0.5) is 0 Å². The lowest BCUT2D eigenvalue weighted by molar-refractivity contribution is 0.337. The molecule has 0 aliphatic carbocycles. The Kier molecular flexibility index (Phi) is 4.90. The van der Waals surface area contributed by atoms with Crippen LogP contribution in [0.1, 0.15) is 19.4 Å². The van der Waals surface area contributed by atoms with Crippen molar-refractivity contribution in [1.29, 1.82) is 0 Å². The highest BCUT2D eigenvalue weighted by atomic mass is 16.5. The first-order valence-corrected chi connectivity index (χ1v) is 6.64. The molecule has 0 radical (unpaired) electrons. The van der Waals surface area contributed by atoms with Gasteiger partial charge in [-0.25, -0.2) is 9.97 Å². The minimum Gasteiger partial charge on any atom is -0.494 e. The molecular weight excluding hydrogens is 254 g/mol.